The molecule has 0 spiro atoms. The third-order valence-corrected chi connectivity index (χ3v) is 6.49. The molecule has 1 aliphatic rings. The zero-order valence-corrected chi connectivity index (χ0v) is 18.7. The average Bonchev–Trinajstić information content (AvgIpc) is 3.33. The van der Waals surface area contributed by atoms with Crippen molar-refractivity contribution in [3.05, 3.63) is 87.7 Å². The minimum absolute atomic E-state index is 0.0908. The van der Waals surface area contributed by atoms with Crippen LogP contribution in [0.5, 0.6) is 0 Å². The Morgan fingerprint density at radius 1 is 0.939 bits per heavy atom. The molecule has 0 atom stereocenters. The van der Waals surface area contributed by atoms with Gasteiger partial charge in [-0.3, -0.25) is 9.59 Å². The highest BCUT2D eigenvalue weighted by Crippen LogP contribution is 2.34. The summed E-state index contributed by atoms with van der Waals surface area (Å²) >= 11 is 6.59. The number of hydrogen-bond acceptors (Lipinski definition) is 3. The number of hydrogen-bond donors (Lipinski definition) is 2. The number of fused-ring (bicyclic) bond motifs is 1. The number of aliphatic carboxylic acids is 1. The number of aromatic amines is 1. The van der Waals surface area contributed by atoms with Crippen molar-refractivity contribution in [3.63, 3.8) is 0 Å². The van der Waals surface area contributed by atoms with Crippen LogP contribution >= 0.6 is 11.6 Å². The van der Waals surface area contributed by atoms with E-state index in [4.69, 9.17) is 16.7 Å². The summed E-state index contributed by atoms with van der Waals surface area (Å²) < 4.78 is 0. The minimum Gasteiger partial charge on any atom is -0.481 e. The number of halogens is 1. The zero-order valence-electron chi connectivity index (χ0n) is 18.0. The van der Waals surface area contributed by atoms with Gasteiger partial charge in [0.05, 0.1) is 11.4 Å². The van der Waals surface area contributed by atoms with Gasteiger partial charge in [0.2, 0.25) is 0 Å². The molecule has 33 heavy (non-hydrogen) atoms. The molecule has 2 heterocycles. The molecule has 6 heteroatoms. The van der Waals surface area contributed by atoms with E-state index in [0.29, 0.717) is 27.2 Å². The van der Waals surface area contributed by atoms with Crippen molar-refractivity contribution in [2.75, 3.05) is 18.0 Å². The van der Waals surface area contributed by atoms with Crippen molar-refractivity contribution < 1.29 is 9.90 Å². The van der Waals surface area contributed by atoms with Crippen LogP contribution in [-0.2, 0) is 11.2 Å². The Hall–Kier alpha value is -3.57. The summed E-state index contributed by atoms with van der Waals surface area (Å²) in [4.78, 5) is 29.2. The Bertz CT molecular complexity index is 1400. The monoisotopic (exact) mass is 458 g/mol. The minimum atomic E-state index is -0.908. The molecule has 5 rings (SSSR count). The Morgan fingerprint density at radius 2 is 1.67 bits per heavy atom. The largest absolute Gasteiger partial charge is 0.481 e. The third kappa shape index (κ3) is 4.37. The van der Waals surface area contributed by atoms with Crippen LogP contribution in [0.25, 0.3) is 33.2 Å². The van der Waals surface area contributed by atoms with E-state index in [2.05, 4.69) is 34.1 Å². The van der Waals surface area contributed by atoms with Crippen molar-refractivity contribution in [1.82, 2.24) is 4.98 Å². The highest BCUT2D eigenvalue weighted by molar-refractivity contribution is 6.34. The molecule has 0 bridgehead atoms. The molecule has 2 N–H and O–H groups in total. The number of benzene rings is 3. The van der Waals surface area contributed by atoms with Crippen molar-refractivity contribution >= 4 is 34.2 Å². The summed E-state index contributed by atoms with van der Waals surface area (Å²) in [6.45, 7) is 2.19. The highest BCUT2D eigenvalue weighted by Gasteiger charge is 2.14. The first-order valence-corrected chi connectivity index (χ1v) is 11.4. The zero-order chi connectivity index (χ0) is 22.9. The quantitative estimate of drug-likeness (QED) is 0.399. The lowest BCUT2D eigenvalue weighted by Crippen LogP contribution is -2.17. The smallest absolute Gasteiger partial charge is 0.307 e. The fourth-order valence-corrected chi connectivity index (χ4v) is 4.79. The Labute approximate surface area is 196 Å². The number of nitrogens with one attached hydrogen (secondary N) is 1. The predicted octanol–water partition coefficient (Wildman–Crippen LogP) is 5.74. The lowest BCUT2D eigenvalue weighted by Gasteiger charge is -2.18. The molecule has 5 nitrogen and oxygen atoms in total. The maximum Gasteiger partial charge on any atom is 0.307 e. The average molecular weight is 459 g/mol. The molecule has 1 fully saturated rings. The van der Waals surface area contributed by atoms with E-state index < -0.39 is 5.97 Å². The van der Waals surface area contributed by atoms with Gasteiger partial charge < -0.3 is 15.0 Å². The molecule has 0 aliphatic carbocycles. The number of pyridine rings is 1. The number of carbonyl (C=O) groups is 1. The van der Waals surface area contributed by atoms with Crippen LogP contribution < -0.4 is 10.5 Å². The molecule has 0 amide bonds. The van der Waals surface area contributed by atoms with Crippen molar-refractivity contribution in [2.45, 2.75) is 19.3 Å². The van der Waals surface area contributed by atoms with Gasteiger partial charge >= 0.3 is 5.97 Å². The van der Waals surface area contributed by atoms with Crippen molar-refractivity contribution in [3.8, 4) is 22.3 Å². The number of carboxylic acid groups (broad SMARTS) is 1. The second-order valence-corrected chi connectivity index (χ2v) is 8.85. The van der Waals surface area contributed by atoms with Crippen LogP contribution in [0.15, 0.2) is 71.5 Å². The van der Waals surface area contributed by atoms with Crippen LogP contribution in [-0.4, -0.2) is 29.1 Å². The molecule has 166 valence electrons. The number of aromatic nitrogens is 1. The number of rotatable bonds is 5. The predicted molar refractivity (Wildman–Crippen MR) is 133 cm³/mol. The molecule has 4 aromatic rings. The Morgan fingerprint density at radius 3 is 2.39 bits per heavy atom. The van der Waals surface area contributed by atoms with E-state index in [1.165, 1.54) is 18.5 Å². The molecule has 0 saturated carbocycles. The molecule has 1 saturated heterocycles. The van der Waals surface area contributed by atoms with Crippen molar-refractivity contribution in [2.24, 2.45) is 0 Å². The van der Waals surface area contributed by atoms with Gasteiger partial charge in [-0.25, -0.2) is 0 Å². The maximum absolute atomic E-state index is 12.8. The fraction of sp³-hybridized carbons (Fsp3) is 0.185. The van der Waals surface area contributed by atoms with Gasteiger partial charge in [0.25, 0.3) is 5.56 Å². The normalized spacial score (nSPS) is 13.5. The fourth-order valence-electron chi connectivity index (χ4n) is 4.51. The van der Waals surface area contributed by atoms with Gasteiger partial charge in [-0.2, -0.15) is 0 Å². The number of H-pyrrole nitrogens is 1. The Kier molecular flexibility index (Phi) is 5.65. The summed E-state index contributed by atoms with van der Waals surface area (Å²) in [5.41, 5.74) is 5.38. The summed E-state index contributed by atoms with van der Waals surface area (Å²) in [5.74, 6) is -0.908. The maximum atomic E-state index is 12.8. The van der Waals surface area contributed by atoms with E-state index in [1.807, 2.05) is 18.2 Å². The lowest BCUT2D eigenvalue weighted by molar-refractivity contribution is -0.136. The molecular formula is C27H23ClN2O3. The van der Waals surface area contributed by atoms with Gasteiger partial charge in [-0.1, -0.05) is 48.0 Å². The van der Waals surface area contributed by atoms with E-state index >= 15 is 0 Å². The second kappa shape index (κ2) is 8.75. The number of carboxylic acids is 1. The van der Waals surface area contributed by atoms with Crippen LogP contribution in [0.4, 0.5) is 5.69 Å². The first-order valence-electron chi connectivity index (χ1n) is 11.0. The van der Waals surface area contributed by atoms with Gasteiger partial charge in [0.1, 0.15) is 0 Å². The summed E-state index contributed by atoms with van der Waals surface area (Å²) in [6.07, 6.45) is 2.38. The molecule has 0 radical (unpaired) electrons. The molecule has 3 aromatic carbocycles. The van der Waals surface area contributed by atoms with Crippen LogP contribution in [0.3, 0.4) is 0 Å². The first-order chi connectivity index (χ1) is 16.0. The Balaban J connectivity index is 1.55. The van der Waals surface area contributed by atoms with Crippen LogP contribution in [0.1, 0.15) is 18.4 Å². The summed E-state index contributed by atoms with van der Waals surface area (Å²) in [7, 11) is 0. The summed E-state index contributed by atoms with van der Waals surface area (Å²) in [6, 6.07) is 21.1. The second-order valence-electron chi connectivity index (χ2n) is 8.44. The van der Waals surface area contributed by atoms with Gasteiger partial charge in [0, 0.05) is 35.4 Å². The lowest BCUT2D eigenvalue weighted by atomic mass is 9.99. The van der Waals surface area contributed by atoms with Gasteiger partial charge in [0.15, 0.2) is 0 Å². The van der Waals surface area contributed by atoms with E-state index in [9.17, 15) is 9.59 Å². The molecule has 0 unspecified atom stereocenters. The standard InChI is InChI=1S/C27H23ClN2O3/c28-24-16-25-20(14-22(24)18-6-8-21(9-7-18)30-10-1-2-11-30)15-23(27(33)29-25)19-5-3-4-17(12-19)13-26(31)32/h3-9,12,14-16H,1-2,10-11,13H2,(H,29,33)(H,31,32). The molecular weight excluding hydrogens is 436 g/mol. The van der Waals surface area contributed by atoms with Gasteiger partial charge in [-0.15, -0.1) is 0 Å². The van der Waals surface area contributed by atoms with E-state index in [1.54, 1.807) is 24.3 Å². The number of nitrogens with zero attached hydrogens (tertiary/aromatic N) is 1. The van der Waals surface area contributed by atoms with Gasteiger partial charge in [-0.05, 0) is 65.3 Å². The first kappa shape index (κ1) is 21.3. The highest BCUT2D eigenvalue weighted by atomic mass is 35.5. The van der Waals surface area contributed by atoms with Crippen molar-refractivity contribution in [1.29, 1.82) is 0 Å². The molecule has 1 aromatic heterocycles. The van der Waals surface area contributed by atoms with E-state index in [-0.39, 0.29) is 12.0 Å². The molecule has 1 aliphatic heterocycles. The topological polar surface area (TPSA) is 73.4 Å². The third-order valence-electron chi connectivity index (χ3n) is 6.17. The summed E-state index contributed by atoms with van der Waals surface area (Å²) in [5, 5.41) is 10.5. The number of anilines is 1. The van der Waals surface area contributed by atoms with E-state index in [0.717, 1.165) is 29.6 Å². The SMILES string of the molecule is O=C(O)Cc1cccc(-c2cc3cc(-c4ccc(N5CCCC5)cc4)c(Cl)cc3[nH]c2=O)c1. The van der Waals surface area contributed by atoms with Crippen LogP contribution in [0.2, 0.25) is 5.02 Å². The van der Waals surface area contributed by atoms with Crippen LogP contribution in [0, 0.1) is 0 Å².